The van der Waals surface area contributed by atoms with Crippen molar-refractivity contribution < 1.29 is 0 Å². The van der Waals surface area contributed by atoms with Crippen LogP contribution >= 0.6 is 0 Å². The van der Waals surface area contributed by atoms with E-state index >= 15 is 0 Å². The number of hydrogen-bond acceptors (Lipinski definition) is 1. The summed E-state index contributed by atoms with van der Waals surface area (Å²) >= 11 is 0. The summed E-state index contributed by atoms with van der Waals surface area (Å²) < 4.78 is 2.43. The van der Waals surface area contributed by atoms with Gasteiger partial charge >= 0.3 is 0 Å². The summed E-state index contributed by atoms with van der Waals surface area (Å²) in [6.45, 7) is 5.87. The molecule has 0 spiro atoms. The molecule has 0 saturated heterocycles. The Balaban J connectivity index is 1.41. The molecule has 0 N–H and O–H groups in total. The molecular formula is C34H32N2. The van der Waals surface area contributed by atoms with Gasteiger partial charge in [0.1, 0.15) is 0 Å². The first-order valence-electron chi connectivity index (χ1n) is 12.6. The van der Waals surface area contributed by atoms with Gasteiger partial charge in [0.15, 0.2) is 0 Å². The average Bonchev–Trinajstić information content (AvgIpc) is 3.24. The SMILES string of the molecule is C/C=C/C=C\C=C(/C)N(Cc1ccc(Cn2c3ccccc3c3ccccc32)cc1)c1ccccc1. The van der Waals surface area contributed by atoms with Gasteiger partial charge in [-0.1, -0.05) is 103 Å². The van der Waals surface area contributed by atoms with Crippen molar-refractivity contribution in [2.45, 2.75) is 26.9 Å². The van der Waals surface area contributed by atoms with Crippen molar-refractivity contribution >= 4 is 27.5 Å². The van der Waals surface area contributed by atoms with Gasteiger partial charge in [-0.15, -0.1) is 0 Å². The number of allylic oxidation sites excluding steroid dienone is 6. The van der Waals surface area contributed by atoms with Gasteiger partial charge in [-0.05, 0) is 55.3 Å². The van der Waals surface area contributed by atoms with E-state index in [0.717, 1.165) is 13.1 Å². The van der Waals surface area contributed by atoms with Crippen LogP contribution in [0.1, 0.15) is 25.0 Å². The molecule has 5 rings (SSSR count). The number of aromatic nitrogens is 1. The van der Waals surface area contributed by atoms with Crippen LogP contribution in [0, 0.1) is 0 Å². The van der Waals surface area contributed by atoms with E-state index in [-0.39, 0.29) is 0 Å². The maximum atomic E-state index is 2.43. The molecule has 0 saturated carbocycles. The highest BCUT2D eigenvalue weighted by Gasteiger charge is 2.11. The first-order chi connectivity index (χ1) is 17.7. The average molecular weight is 469 g/mol. The zero-order valence-electron chi connectivity index (χ0n) is 21.0. The summed E-state index contributed by atoms with van der Waals surface area (Å²) in [5.41, 5.74) is 7.55. The molecule has 0 fully saturated rings. The van der Waals surface area contributed by atoms with Crippen molar-refractivity contribution in [3.63, 3.8) is 0 Å². The lowest BCUT2D eigenvalue weighted by atomic mass is 10.1. The molecule has 0 aliphatic carbocycles. The van der Waals surface area contributed by atoms with Gasteiger partial charge in [0.05, 0.1) is 0 Å². The van der Waals surface area contributed by atoms with Crippen molar-refractivity contribution in [3.8, 4) is 0 Å². The van der Waals surface area contributed by atoms with Crippen LogP contribution in [0.25, 0.3) is 21.8 Å². The maximum Gasteiger partial charge on any atom is 0.0494 e. The summed E-state index contributed by atoms with van der Waals surface area (Å²) in [7, 11) is 0. The molecule has 178 valence electrons. The van der Waals surface area contributed by atoms with Crippen LogP contribution < -0.4 is 4.90 Å². The van der Waals surface area contributed by atoms with Crippen LogP contribution in [0.5, 0.6) is 0 Å². The van der Waals surface area contributed by atoms with Crippen molar-refractivity contribution in [1.82, 2.24) is 4.57 Å². The first kappa shape index (κ1) is 23.4. The molecule has 0 amide bonds. The number of anilines is 1. The van der Waals surface area contributed by atoms with E-state index in [1.165, 1.54) is 44.3 Å². The summed E-state index contributed by atoms with van der Waals surface area (Å²) in [6, 6.07) is 37.1. The van der Waals surface area contributed by atoms with Gasteiger partial charge in [0.2, 0.25) is 0 Å². The van der Waals surface area contributed by atoms with E-state index in [4.69, 9.17) is 0 Å². The van der Waals surface area contributed by atoms with Gasteiger partial charge in [0.25, 0.3) is 0 Å². The lowest BCUT2D eigenvalue weighted by molar-refractivity contribution is 0.864. The lowest BCUT2D eigenvalue weighted by Crippen LogP contribution is -2.20. The second kappa shape index (κ2) is 11.0. The fourth-order valence-electron chi connectivity index (χ4n) is 4.78. The molecule has 0 radical (unpaired) electrons. The van der Waals surface area contributed by atoms with E-state index in [0.29, 0.717) is 0 Å². The molecule has 0 bridgehead atoms. The number of hydrogen-bond donors (Lipinski definition) is 0. The van der Waals surface area contributed by atoms with Gasteiger partial charge < -0.3 is 9.47 Å². The van der Waals surface area contributed by atoms with E-state index in [9.17, 15) is 0 Å². The molecule has 0 unspecified atom stereocenters. The summed E-state index contributed by atoms with van der Waals surface area (Å²) in [4.78, 5) is 2.36. The Bertz CT molecular complexity index is 1480. The predicted molar refractivity (Wildman–Crippen MR) is 155 cm³/mol. The van der Waals surface area contributed by atoms with Crippen molar-refractivity contribution in [2.75, 3.05) is 4.90 Å². The molecule has 2 nitrogen and oxygen atoms in total. The highest BCUT2D eigenvalue weighted by atomic mass is 15.1. The largest absolute Gasteiger partial charge is 0.341 e. The minimum Gasteiger partial charge on any atom is -0.341 e. The standard InChI is InChI=1S/C34H32N2/c1-3-4-5-7-14-27(2)35(30-15-8-6-9-16-30)25-28-21-23-29(24-22-28)26-36-33-19-12-10-17-31(33)32-18-11-13-20-34(32)36/h3-24H,25-26H2,1-2H3/b4-3+,7-5-,27-14+. The van der Waals surface area contributed by atoms with Gasteiger partial charge in [0, 0.05) is 46.3 Å². The third-order valence-corrected chi connectivity index (χ3v) is 6.63. The van der Waals surface area contributed by atoms with E-state index < -0.39 is 0 Å². The van der Waals surface area contributed by atoms with Crippen LogP contribution in [-0.2, 0) is 13.1 Å². The minimum atomic E-state index is 0.819. The second-order valence-corrected chi connectivity index (χ2v) is 9.08. The van der Waals surface area contributed by atoms with Crippen LogP contribution in [0.4, 0.5) is 5.69 Å². The molecule has 2 heteroatoms. The number of fused-ring (bicyclic) bond motifs is 3. The fourth-order valence-corrected chi connectivity index (χ4v) is 4.78. The first-order valence-corrected chi connectivity index (χ1v) is 12.6. The normalized spacial score (nSPS) is 12.3. The molecule has 5 aromatic rings. The Labute approximate surface area is 214 Å². The Morgan fingerprint density at radius 1 is 0.667 bits per heavy atom. The summed E-state index contributed by atoms with van der Waals surface area (Å²) in [5, 5.41) is 2.63. The smallest absolute Gasteiger partial charge is 0.0494 e. The van der Waals surface area contributed by atoms with Crippen molar-refractivity contribution in [2.24, 2.45) is 0 Å². The lowest BCUT2D eigenvalue weighted by Gasteiger charge is -2.26. The van der Waals surface area contributed by atoms with Crippen LogP contribution in [0.15, 0.2) is 139 Å². The van der Waals surface area contributed by atoms with E-state index in [1.807, 2.05) is 19.1 Å². The highest BCUT2D eigenvalue weighted by Crippen LogP contribution is 2.29. The third-order valence-electron chi connectivity index (χ3n) is 6.63. The van der Waals surface area contributed by atoms with Gasteiger partial charge in [-0.25, -0.2) is 0 Å². The highest BCUT2D eigenvalue weighted by molar-refractivity contribution is 6.08. The quantitative estimate of drug-likeness (QED) is 0.206. The van der Waals surface area contributed by atoms with Crippen LogP contribution in [0.3, 0.4) is 0 Å². The Kier molecular flexibility index (Phi) is 7.14. The summed E-state index contributed by atoms with van der Waals surface area (Å²) in [5.74, 6) is 0. The zero-order valence-corrected chi connectivity index (χ0v) is 21.0. The number of para-hydroxylation sites is 3. The van der Waals surface area contributed by atoms with E-state index in [1.54, 1.807) is 0 Å². The number of nitrogens with zero attached hydrogens (tertiary/aromatic N) is 2. The van der Waals surface area contributed by atoms with Crippen LogP contribution in [0.2, 0.25) is 0 Å². The molecule has 4 aromatic carbocycles. The molecule has 0 aliphatic rings. The maximum absolute atomic E-state index is 2.43. The van der Waals surface area contributed by atoms with Crippen molar-refractivity contribution in [1.29, 1.82) is 0 Å². The van der Waals surface area contributed by atoms with E-state index in [2.05, 4.69) is 138 Å². The number of benzene rings is 4. The molecular weight excluding hydrogens is 436 g/mol. The topological polar surface area (TPSA) is 8.17 Å². The van der Waals surface area contributed by atoms with Gasteiger partial charge in [-0.3, -0.25) is 0 Å². The third kappa shape index (κ3) is 5.04. The van der Waals surface area contributed by atoms with Crippen molar-refractivity contribution in [3.05, 3.63) is 150 Å². The Morgan fingerprint density at radius 3 is 1.89 bits per heavy atom. The summed E-state index contributed by atoms with van der Waals surface area (Å²) in [6.07, 6.45) is 10.4. The molecule has 1 heterocycles. The van der Waals surface area contributed by atoms with Gasteiger partial charge in [-0.2, -0.15) is 0 Å². The zero-order chi connectivity index (χ0) is 24.7. The molecule has 0 atom stereocenters. The molecule has 1 aromatic heterocycles. The predicted octanol–water partition coefficient (Wildman–Crippen LogP) is 8.89. The fraction of sp³-hybridized carbons (Fsp3) is 0.118. The number of rotatable bonds is 8. The van der Waals surface area contributed by atoms with Crippen LogP contribution in [-0.4, -0.2) is 4.57 Å². The Morgan fingerprint density at radius 2 is 1.25 bits per heavy atom. The molecule has 36 heavy (non-hydrogen) atoms. The molecule has 0 aliphatic heterocycles. The Hall–Kier alpha value is -4.30. The monoisotopic (exact) mass is 468 g/mol. The minimum absolute atomic E-state index is 0.819. The second-order valence-electron chi connectivity index (χ2n) is 9.08.